The summed E-state index contributed by atoms with van der Waals surface area (Å²) in [6.45, 7) is 4.05. The SMILES string of the molecule is NC(=S)CN1CCN(c2ccc3n[nH]c(=O)n3n2)CC1. The van der Waals surface area contributed by atoms with Gasteiger partial charge in [-0.05, 0) is 12.1 Å². The van der Waals surface area contributed by atoms with Gasteiger partial charge in [0.2, 0.25) is 0 Å². The molecule has 0 saturated carbocycles. The van der Waals surface area contributed by atoms with E-state index < -0.39 is 0 Å². The maximum absolute atomic E-state index is 11.5. The molecule has 1 saturated heterocycles. The second kappa shape index (κ2) is 5.17. The fourth-order valence-electron chi connectivity index (χ4n) is 2.32. The van der Waals surface area contributed by atoms with Crippen molar-refractivity contribution in [1.82, 2.24) is 24.7 Å². The molecule has 1 aliphatic rings. The van der Waals surface area contributed by atoms with Gasteiger partial charge in [0.15, 0.2) is 5.65 Å². The summed E-state index contributed by atoms with van der Waals surface area (Å²) in [5.41, 5.74) is 5.75. The smallest absolute Gasteiger partial charge is 0.364 e. The van der Waals surface area contributed by atoms with Crippen molar-refractivity contribution in [2.45, 2.75) is 0 Å². The fraction of sp³-hybridized carbons (Fsp3) is 0.455. The maximum Gasteiger partial charge on any atom is 0.364 e. The largest absolute Gasteiger partial charge is 0.392 e. The average Bonchev–Trinajstić information content (AvgIpc) is 2.80. The molecule has 0 spiro atoms. The monoisotopic (exact) mass is 293 g/mol. The maximum atomic E-state index is 11.5. The Morgan fingerprint density at radius 1 is 1.35 bits per heavy atom. The van der Waals surface area contributed by atoms with Crippen LogP contribution in [0.3, 0.4) is 0 Å². The van der Waals surface area contributed by atoms with E-state index in [9.17, 15) is 4.79 Å². The van der Waals surface area contributed by atoms with Crippen LogP contribution < -0.4 is 16.3 Å². The van der Waals surface area contributed by atoms with Crippen LogP contribution in [-0.2, 0) is 0 Å². The lowest BCUT2D eigenvalue weighted by atomic mass is 10.3. The Hall–Kier alpha value is -2.00. The summed E-state index contributed by atoms with van der Waals surface area (Å²) in [5.74, 6) is 0.774. The zero-order chi connectivity index (χ0) is 14.1. The number of aromatic amines is 1. The number of aromatic nitrogens is 4. The molecule has 2 aromatic heterocycles. The Morgan fingerprint density at radius 3 is 2.80 bits per heavy atom. The van der Waals surface area contributed by atoms with Gasteiger partial charge in [0.1, 0.15) is 5.82 Å². The van der Waals surface area contributed by atoms with Crippen LogP contribution in [0.25, 0.3) is 5.65 Å². The zero-order valence-corrected chi connectivity index (χ0v) is 11.6. The first kappa shape index (κ1) is 13.0. The van der Waals surface area contributed by atoms with Crippen LogP contribution >= 0.6 is 12.2 Å². The van der Waals surface area contributed by atoms with Crippen LogP contribution in [0, 0.1) is 0 Å². The van der Waals surface area contributed by atoms with E-state index in [1.54, 1.807) is 6.07 Å². The number of nitrogens with zero attached hydrogens (tertiary/aromatic N) is 5. The third-order valence-electron chi connectivity index (χ3n) is 3.34. The average molecular weight is 293 g/mol. The first-order chi connectivity index (χ1) is 9.63. The van der Waals surface area contributed by atoms with Crippen LogP contribution in [0.1, 0.15) is 0 Å². The molecule has 3 heterocycles. The molecule has 0 bridgehead atoms. The quantitative estimate of drug-likeness (QED) is 0.688. The molecule has 2 aromatic rings. The number of hydrogen-bond donors (Lipinski definition) is 2. The molecule has 106 valence electrons. The number of nitrogens with two attached hydrogens (primary N) is 1. The van der Waals surface area contributed by atoms with Gasteiger partial charge >= 0.3 is 5.69 Å². The van der Waals surface area contributed by atoms with Gasteiger partial charge in [-0.15, -0.1) is 5.10 Å². The normalized spacial score (nSPS) is 16.7. The van der Waals surface area contributed by atoms with Crippen molar-refractivity contribution in [3.8, 4) is 0 Å². The number of H-pyrrole nitrogens is 1. The number of rotatable bonds is 3. The molecule has 20 heavy (non-hydrogen) atoms. The lowest BCUT2D eigenvalue weighted by Crippen LogP contribution is -2.49. The number of fused-ring (bicyclic) bond motifs is 1. The van der Waals surface area contributed by atoms with Crippen LogP contribution in [0.15, 0.2) is 16.9 Å². The van der Waals surface area contributed by atoms with Gasteiger partial charge in [-0.2, -0.15) is 9.61 Å². The van der Waals surface area contributed by atoms with Gasteiger partial charge in [-0.1, -0.05) is 12.2 Å². The predicted molar refractivity (Wildman–Crippen MR) is 79.0 cm³/mol. The van der Waals surface area contributed by atoms with E-state index in [4.69, 9.17) is 18.0 Å². The Balaban J connectivity index is 1.74. The Bertz CT molecular complexity index is 685. The van der Waals surface area contributed by atoms with Crippen molar-refractivity contribution in [2.75, 3.05) is 37.6 Å². The van der Waals surface area contributed by atoms with Crippen LogP contribution in [0.4, 0.5) is 5.82 Å². The van der Waals surface area contributed by atoms with Crippen LogP contribution in [0.5, 0.6) is 0 Å². The van der Waals surface area contributed by atoms with E-state index in [1.807, 2.05) is 6.07 Å². The van der Waals surface area contributed by atoms with Gasteiger partial charge in [0, 0.05) is 32.7 Å². The highest BCUT2D eigenvalue weighted by atomic mass is 32.1. The third-order valence-corrected chi connectivity index (χ3v) is 3.46. The van der Waals surface area contributed by atoms with E-state index in [0.717, 1.165) is 32.0 Å². The minimum atomic E-state index is -0.325. The Labute approximate surface area is 120 Å². The molecule has 1 aliphatic heterocycles. The standard InChI is InChI=1S/C11H15N7OS/c12-8(20)7-16-3-5-17(6-4-16)10-2-1-9-13-14-11(19)18(9)15-10/h1-2H,3-7H2,(H2,12,20)(H,14,19). The summed E-state index contributed by atoms with van der Waals surface area (Å²) >= 11 is 4.92. The van der Waals surface area contributed by atoms with Gasteiger partial charge < -0.3 is 10.6 Å². The van der Waals surface area contributed by atoms with Gasteiger partial charge in [-0.25, -0.2) is 9.89 Å². The topological polar surface area (TPSA) is 95.5 Å². The van der Waals surface area contributed by atoms with Crippen molar-refractivity contribution >= 4 is 28.7 Å². The van der Waals surface area contributed by atoms with E-state index >= 15 is 0 Å². The van der Waals surface area contributed by atoms with Crippen molar-refractivity contribution < 1.29 is 0 Å². The van der Waals surface area contributed by atoms with Crippen molar-refractivity contribution in [3.05, 3.63) is 22.6 Å². The molecule has 9 heteroatoms. The number of anilines is 1. The Kier molecular flexibility index (Phi) is 3.36. The highest BCUT2D eigenvalue weighted by Gasteiger charge is 2.19. The first-order valence-electron chi connectivity index (χ1n) is 6.33. The summed E-state index contributed by atoms with van der Waals surface area (Å²) in [6.07, 6.45) is 0. The molecule has 0 amide bonds. The molecule has 0 radical (unpaired) electrons. The zero-order valence-electron chi connectivity index (χ0n) is 10.8. The first-order valence-corrected chi connectivity index (χ1v) is 6.74. The van der Waals surface area contributed by atoms with Crippen LogP contribution in [-0.4, -0.2) is 62.4 Å². The molecular weight excluding hydrogens is 278 g/mol. The minimum Gasteiger partial charge on any atom is -0.392 e. The van der Waals surface area contributed by atoms with Gasteiger partial charge in [0.25, 0.3) is 0 Å². The number of piperazine rings is 1. The van der Waals surface area contributed by atoms with E-state index in [-0.39, 0.29) is 5.69 Å². The van der Waals surface area contributed by atoms with Gasteiger partial charge in [0.05, 0.1) is 4.99 Å². The third kappa shape index (κ3) is 2.49. The number of thiocarbonyl (C=S) groups is 1. The molecule has 0 unspecified atom stereocenters. The van der Waals surface area contributed by atoms with E-state index in [2.05, 4.69) is 25.1 Å². The molecule has 0 aromatic carbocycles. The van der Waals surface area contributed by atoms with Crippen molar-refractivity contribution in [1.29, 1.82) is 0 Å². The van der Waals surface area contributed by atoms with E-state index in [1.165, 1.54) is 4.52 Å². The lowest BCUT2D eigenvalue weighted by Gasteiger charge is -2.34. The second-order valence-electron chi connectivity index (χ2n) is 4.72. The van der Waals surface area contributed by atoms with Crippen molar-refractivity contribution in [3.63, 3.8) is 0 Å². The lowest BCUT2D eigenvalue weighted by molar-refractivity contribution is 0.291. The van der Waals surface area contributed by atoms with Crippen LogP contribution in [0.2, 0.25) is 0 Å². The molecule has 3 N–H and O–H groups in total. The van der Waals surface area contributed by atoms with Crippen molar-refractivity contribution in [2.24, 2.45) is 5.73 Å². The summed E-state index contributed by atoms with van der Waals surface area (Å²) < 4.78 is 1.27. The molecule has 1 fully saturated rings. The second-order valence-corrected chi connectivity index (χ2v) is 5.24. The molecular formula is C11H15N7OS. The highest BCUT2D eigenvalue weighted by molar-refractivity contribution is 7.80. The molecule has 3 rings (SSSR count). The summed E-state index contributed by atoms with van der Waals surface area (Å²) in [5, 5.41) is 10.5. The summed E-state index contributed by atoms with van der Waals surface area (Å²) in [6, 6.07) is 3.65. The summed E-state index contributed by atoms with van der Waals surface area (Å²) in [4.78, 5) is 16.4. The number of nitrogens with one attached hydrogen (secondary N) is 1. The number of hydrogen-bond acceptors (Lipinski definition) is 6. The van der Waals surface area contributed by atoms with E-state index in [0.29, 0.717) is 17.2 Å². The molecule has 0 aliphatic carbocycles. The Morgan fingerprint density at radius 2 is 2.10 bits per heavy atom. The predicted octanol–water partition coefficient (Wildman–Crippen LogP) is -1.17. The molecule has 0 atom stereocenters. The fourth-order valence-corrected chi connectivity index (χ4v) is 2.50. The van der Waals surface area contributed by atoms with Gasteiger partial charge in [-0.3, -0.25) is 4.90 Å². The minimum absolute atomic E-state index is 0.325. The molecule has 8 nitrogen and oxygen atoms in total. The summed E-state index contributed by atoms with van der Waals surface area (Å²) in [7, 11) is 0. The highest BCUT2D eigenvalue weighted by Crippen LogP contribution is 2.13.